The molecule has 1 saturated carbocycles. The highest BCUT2D eigenvalue weighted by Crippen LogP contribution is 2.35. The van der Waals surface area contributed by atoms with Crippen LogP contribution in [0.5, 0.6) is 0 Å². The van der Waals surface area contributed by atoms with Crippen LogP contribution in [0.15, 0.2) is 12.1 Å². The van der Waals surface area contributed by atoms with Crippen molar-refractivity contribution in [1.82, 2.24) is 10.2 Å². The maximum absolute atomic E-state index is 6.03. The van der Waals surface area contributed by atoms with Crippen LogP contribution in [-0.4, -0.2) is 36.6 Å². The van der Waals surface area contributed by atoms with E-state index in [0.29, 0.717) is 6.04 Å². The molecule has 1 aromatic heterocycles. The number of rotatable bonds is 5. The summed E-state index contributed by atoms with van der Waals surface area (Å²) < 4.78 is 0.913. The first-order valence-electron chi connectivity index (χ1n) is 7.85. The predicted octanol–water partition coefficient (Wildman–Crippen LogP) is 3.65. The zero-order chi connectivity index (χ0) is 14.1. The number of nitrogens with one attached hydrogen (secondary N) is 1. The molecule has 1 saturated heterocycles. The zero-order valence-electron chi connectivity index (χ0n) is 12.4. The molecule has 0 bridgehead atoms. The average molecular weight is 313 g/mol. The van der Waals surface area contributed by atoms with Gasteiger partial charge in [0.1, 0.15) is 0 Å². The van der Waals surface area contributed by atoms with Crippen LogP contribution in [0.3, 0.4) is 0 Å². The molecule has 2 aliphatic rings. The van der Waals surface area contributed by atoms with Gasteiger partial charge < -0.3 is 5.32 Å². The number of halogens is 1. The Morgan fingerprint density at radius 2 is 2.20 bits per heavy atom. The van der Waals surface area contributed by atoms with Gasteiger partial charge in [0, 0.05) is 36.6 Å². The van der Waals surface area contributed by atoms with Crippen molar-refractivity contribution in [3.05, 3.63) is 21.3 Å². The largest absolute Gasteiger partial charge is 0.311 e. The van der Waals surface area contributed by atoms with Gasteiger partial charge in [-0.25, -0.2) is 0 Å². The zero-order valence-corrected chi connectivity index (χ0v) is 14.0. The van der Waals surface area contributed by atoms with E-state index in [1.165, 1.54) is 30.8 Å². The van der Waals surface area contributed by atoms with Crippen LogP contribution >= 0.6 is 22.9 Å². The minimum Gasteiger partial charge on any atom is -0.311 e. The molecule has 3 rings (SSSR count). The van der Waals surface area contributed by atoms with E-state index in [0.717, 1.165) is 35.2 Å². The van der Waals surface area contributed by atoms with Crippen LogP contribution in [0.2, 0.25) is 4.34 Å². The van der Waals surface area contributed by atoms with Gasteiger partial charge in [-0.15, -0.1) is 11.3 Å². The van der Waals surface area contributed by atoms with Crippen LogP contribution in [0.25, 0.3) is 0 Å². The van der Waals surface area contributed by atoms with Crippen molar-refractivity contribution < 1.29 is 0 Å². The molecule has 0 radical (unpaired) electrons. The summed E-state index contributed by atoms with van der Waals surface area (Å²) in [6, 6.07) is 5.61. The van der Waals surface area contributed by atoms with Crippen molar-refractivity contribution in [3.8, 4) is 0 Å². The van der Waals surface area contributed by atoms with Crippen LogP contribution in [0, 0.1) is 11.8 Å². The van der Waals surface area contributed by atoms with Gasteiger partial charge in [-0.1, -0.05) is 25.4 Å². The Labute approximate surface area is 131 Å². The molecule has 0 spiro atoms. The van der Waals surface area contributed by atoms with E-state index in [-0.39, 0.29) is 0 Å². The molecule has 112 valence electrons. The molecule has 1 aliphatic heterocycles. The highest BCUT2D eigenvalue weighted by molar-refractivity contribution is 7.16. The summed E-state index contributed by atoms with van der Waals surface area (Å²) in [5.74, 6) is 1.66. The molecule has 1 aromatic rings. The fourth-order valence-corrected chi connectivity index (χ4v) is 4.40. The standard InChI is InChI=1S/C16H25ClN2S/c1-11(2)15-9-18-14(12-3-4-12)10-19(15)8-7-13-5-6-16(17)20-13/h5-6,11-12,14-15,18H,3-4,7-10H2,1-2H3. The monoisotopic (exact) mass is 312 g/mol. The third kappa shape index (κ3) is 3.56. The number of thiophene rings is 1. The van der Waals surface area contributed by atoms with Gasteiger partial charge in [0.2, 0.25) is 0 Å². The van der Waals surface area contributed by atoms with Gasteiger partial charge in [0.05, 0.1) is 4.34 Å². The lowest BCUT2D eigenvalue weighted by Gasteiger charge is -2.42. The number of piperazine rings is 1. The van der Waals surface area contributed by atoms with E-state index in [2.05, 4.69) is 30.1 Å². The molecule has 0 amide bonds. The van der Waals surface area contributed by atoms with Gasteiger partial charge in [0.15, 0.2) is 0 Å². The molecule has 2 unspecified atom stereocenters. The van der Waals surface area contributed by atoms with Gasteiger partial charge >= 0.3 is 0 Å². The second-order valence-electron chi connectivity index (χ2n) is 6.61. The quantitative estimate of drug-likeness (QED) is 0.892. The summed E-state index contributed by atoms with van der Waals surface area (Å²) in [6.07, 6.45) is 3.99. The first-order valence-corrected chi connectivity index (χ1v) is 9.04. The molecule has 0 aromatic carbocycles. The Balaban J connectivity index is 1.59. The summed E-state index contributed by atoms with van der Waals surface area (Å²) >= 11 is 7.76. The highest BCUT2D eigenvalue weighted by atomic mass is 35.5. The Morgan fingerprint density at radius 3 is 2.80 bits per heavy atom. The third-order valence-corrected chi connectivity index (χ3v) is 6.02. The molecule has 1 aliphatic carbocycles. The van der Waals surface area contributed by atoms with E-state index in [1.54, 1.807) is 11.3 Å². The minimum absolute atomic E-state index is 0.681. The first-order chi connectivity index (χ1) is 9.63. The topological polar surface area (TPSA) is 15.3 Å². The fraction of sp³-hybridized carbons (Fsp3) is 0.750. The summed E-state index contributed by atoms with van der Waals surface area (Å²) in [4.78, 5) is 4.14. The van der Waals surface area contributed by atoms with E-state index >= 15 is 0 Å². The normalized spacial score (nSPS) is 28.2. The summed E-state index contributed by atoms with van der Waals surface area (Å²) in [7, 11) is 0. The highest BCUT2D eigenvalue weighted by Gasteiger charge is 2.37. The lowest BCUT2D eigenvalue weighted by Crippen LogP contribution is -2.59. The lowest BCUT2D eigenvalue weighted by molar-refractivity contribution is 0.0937. The minimum atomic E-state index is 0.681. The smallest absolute Gasteiger partial charge is 0.0931 e. The van der Waals surface area contributed by atoms with Crippen molar-refractivity contribution in [3.63, 3.8) is 0 Å². The molecular weight excluding hydrogens is 288 g/mol. The van der Waals surface area contributed by atoms with Crippen LogP contribution in [-0.2, 0) is 6.42 Å². The van der Waals surface area contributed by atoms with Crippen LogP contribution in [0.4, 0.5) is 0 Å². The van der Waals surface area contributed by atoms with Crippen LogP contribution < -0.4 is 5.32 Å². The molecule has 2 fully saturated rings. The molecule has 4 heteroatoms. The molecule has 2 nitrogen and oxygen atoms in total. The lowest BCUT2D eigenvalue weighted by atomic mass is 9.96. The maximum atomic E-state index is 6.03. The molecule has 2 heterocycles. The maximum Gasteiger partial charge on any atom is 0.0931 e. The SMILES string of the molecule is CC(C)C1CNC(C2CC2)CN1CCc1ccc(Cl)s1. The van der Waals surface area contributed by atoms with Crippen molar-refractivity contribution in [2.45, 2.75) is 45.2 Å². The van der Waals surface area contributed by atoms with Gasteiger partial charge in [-0.3, -0.25) is 4.90 Å². The summed E-state index contributed by atoms with van der Waals surface area (Å²) in [6.45, 7) is 8.25. The Hall–Kier alpha value is -0.0900. The number of nitrogens with zero attached hydrogens (tertiary/aromatic N) is 1. The van der Waals surface area contributed by atoms with E-state index in [1.807, 2.05) is 6.07 Å². The van der Waals surface area contributed by atoms with Gasteiger partial charge in [-0.2, -0.15) is 0 Å². The predicted molar refractivity (Wildman–Crippen MR) is 87.7 cm³/mol. The summed E-state index contributed by atoms with van der Waals surface area (Å²) in [5, 5.41) is 3.78. The first kappa shape index (κ1) is 14.8. The Bertz CT molecular complexity index is 441. The molecular formula is C16H25ClN2S. The van der Waals surface area contributed by atoms with E-state index in [9.17, 15) is 0 Å². The third-order valence-electron chi connectivity index (χ3n) is 4.72. The van der Waals surface area contributed by atoms with Gasteiger partial charge in [-0.05, 0) is 43.2 Å². The second-order valence-corrected chi connectivity index (χ2v) is 8.41. The van der Waals surface area contributed by atoms with Crippen molar-refractivity contribution in [2.75, 3.05) is 19.6 Å². The van der Waals surface area contributed by atoms with Gasteiger partial charge in [0.25, 0.3) is 0 Å². The Kier molecular flexibility index (Phi) is 4.71. The van der Waals surface area contributed by atoms with Crippen molar-refractivity contribution in [1.29, 1.82) is 0 Å². The Morgan fingerprint density at radius 1 is 1.40 bits per heavy atom. The number of hydrogen-bond donors (Lipinski definition) is 1. The number of hydrogen-bond acceptors (Lipinski definition) is 3. The fourth-order valence-electron chi connectivity index (χ4n) is 3.32. The molecule has 2 atom stereocenters. The van der Waals surface area contributed by atoms with Crippen molar-refractivity contribution in [2.24, 2.45) is 11.8 Å². The van der Waals surface area contributed by atoms with E-state index < -0.39 is 0 Å². The summed E-state index contributed by atoms with van der Waals surface area (Å²) in [5.41, 5.74) is 0. The second kappa shape index (κ2) is 6.35. The molecule has 20 heavy (non-hydrogen) atoms. The average Bonchev–Trinajstić information content (AvgIpc) is 3.19. The van der Waals surface area contributed by atoms with E-state index in [4.69, 9.17) is 11.6 Å². The van der Waals surface area contributed by atoms with Crippen LogP contribution in [0.1, 0.15) is 31.6 Å². The van der Waals surface area contributed by atoms with Crippen molar-refractivity contribution >= 4 is 22.9 Å². The molecule has 1 N–H and O–H groups in total.